The number of benzene rings is 1. The van der Waals surface area contributed by atoms with Gasteiger partial charge in [-0.25, -0.2) is 0 Å². The van der Waals surface area contributed by atoms with Crippen LogP contribution in [0.5, 0.6) is 0 Å². The first-order valence-electron chi connectivity index (χ1n) is 4.33. The summed E-state index contributed by atoms with van der Waals surface area (Å²) in [6.07, 6.45) is 0. The molecule has 72 valence electrons. The van der Waals surface area contributed by atoms with E-state index in [1.54, 1.807) is 0 Å². The normalized spacial score (nSPS) is 12.8. The van der Waals surface area contributed by atoms with Crippen molar-refractivity contribution in [1.82, 2.24) is 0 Å². The molecule has 0 radical (unpaired) electrons. The number of aryl methyl sites for hydroxylation is 1. The van der Waals surface area contributed by atoms with Gasteiger partial charge in [0.05, 0.1) is 0 Å². The van der Waals surface area contributed by atoms with E-state index in [1.807, 2.05) is 31.2 Å². The molecule has 0 spiro atoms. The van der Waals surface area contributed by atoms with Gasteiger partial charge in [0.2, 0.25) is 0 Å². The molecule has 0 bridgehead atoms. The monoisotopic (exact) mass is 197 g/mol. The predicted octanol–water partition coefficient (Wildman–Crippen LogP) is 1.20. The quantitative estimate of drug-likeness (QED) is 0.788. The van der Waals surface area contributed by atoms with Gasteiger partial charge < -0.3 is 5.73 Å². The van der Waals surface area contributed by atoms with Crippen molar-refractivity contribution >= 4 is 10.8 Å². The summed E-state index contributed by atoms with van der Waals surface area (Å²) < 4.78 is 11.3. The Morgan fingerprint density at radius 1 is 1.31 bits per heavy atom. The SMILES string of the molecule is Cc1ccc(CS(=O)CCN)cc1. The third-order valence-electron chi connectivity index (χ3n) is 1.79. The molecule has 0 heterocycles. The lowest BCUT2D eigenvalue weighted by molar-refractivity contribution is 0.682. The van der Waals surface area contributed by atoms with Crippen LogP contribution in [0.2, 0.25) is 0 Å². The average molecular weight is 197 g/mol. The van der Waals surface area contributed by atoms with Crippen LogP contribution in [0.15, 0.2) is 24.3 Å². The van der Waals surface area contributed by atoms with E-state index in [0.29, 0.717) is 18.1 Å². The van der Waals surface area contributed by atoms with Crippen LogP contribution in [-0.4, -0.2) is 16.5 Å². The zero-order valence-electron chi connectivity index (χ0n) is 7.82. The second-order valence-corrected chi connectivity index (χ2v) is 4.64. The van der Waals surface area contributed by atoms with E-state index in [2.05, 4.69) is 0 Å². The zero-order chi connectivity index (χ0) is 9.68. The topological polar surface area (TPSA) is 43.1 Å². The van der Waals surface area contributed by atoms with Crippen LogP contribution < -0.4 is 5.73 Å². The molecule has 0 aliphatic carbocycles. The first-order valence-corrected chi connectivity index (χ1v) is 5.82. The van der Waals surface area contributed by atoms with Gasteiger partial charge in [-0.1, -0.05) is 29.8 Å². The van der Waals surface area contributed by atoms with Crippen LogP contribution in [0.4, 0.5) is 0 Å². The number of hydrogen-bond acceptors (Lipinski definition) is 2. The van der Waals surface area contributed by atoms with E-state index in [0.717, 1.165) is 5.56 Å². The predicted molar refractivity (Wildman–Crippen MR) is 56.9 cm³/mol. The molecule has 13 heavy (non-hydrogen) atoms. The molecule has 3 heteroatoms. The van der Waals surface area contributed by atoms with Gasteiger partial charge in [-0.15, -0.1) is 0 Å². The third kappa shape index (κ3) is 3.70. The van der Waals surface area contributed by atoms with E-state index < -0.39 is 10.8 Å². The minimum Gasteiger partial charge on any atom is -0.330 e. The summed E-state index contributed by atoms with van der Waals surface area (Å²) in [6, 6.07) is 8.11. The molecule has 0 fully saturated rings. The Bertz CT molecular complexity index is 281. The molecular formula is C10H15NOS. The van der Waals surface area contributed by atoms with Gasteiger partial charge in [0.15, 0.2) is 0 Å². The fraction of sp³-hybridized carbons (Fsp3) is 0.400. The second-order valence-electron chi connectivity index (χ2n) is 3.06. The van der Waals surface area contributed by atoms with Crippen LogP contribution in [-0.2, 0) is 16.6 Å². The molecule has 1 aromatic rings. The molecule has 1 unspecified atom stereocenters. The van der Waals surface area contributed by atoms with E-state index in [4.69, 9.17) is 5.73 Å². The fourth-order valence-corrected chi connectivity index (χ4v) is 2.05. The minimum atomic E-state index is -0.803. The lowest BCUT2D eigenvalue weighted by Gasteiger charge is -2.01. The van der Waals surface area contributed by atoms with Crippen LogP contribution in [0.1, 0.15) is 11.1 Å². The van der Waals surface area contributed by atoms with Crippen molar-refractivity contribution in [3.63, 3.8) is 0 Å². The Morgan fingerprint density at radius 2 is 1.92 bits per heavy atom. The van der Waals surface area contributed by atoms with Gasteiger partial charge in [-0.2, -0.15) is 0 Å². The molecular weight excluding hydrogens is 182 g/mol. The number of nitrogens with two attached hydrogens (primary N) is 1. The van der Waals surface area contributed by atoms with Gasteiger partial charge in [0.25, 0.3) is 0 Å². The molecule has 0 aliphatic rings. The van der Waals surface area contributed by atoms with Crippen molar-refractivity contribution in [1.29, 1.82) is 0 Å². The first kappa shape index (κ1) is 10.4. The number of rotatable bonds is 4. The molecule has 1 aromatic carbocycles. The summed E-state index contributed by atoms with van der Waals surface area (Å²) in [4.78, 5) is 0. The molecule has 0 saturated carbocycles. The van der Waals surface area contributed by atoms with Crippen molar-refractivity contribution in [2.75, 3.05) is 12.3 Å². The summed E-state index contributed by atoms with van der Waals surface area (Å²) in [7, 11) is -0.803. The summed E-state index contributed by atoms with van der Waals surface area (Å²) in [6.45, 7) is 2.54. The van der Waals surface area contributed by atoms with Crippen LogP contribution in [0, 0.1) is 6.92 Å². The van der Waals surface area contributed by atoms with Crippen LogP contribution >= 0.6 is 0 Å². The number of hydrogen-bond donors (Lipinski definition) is 1. The average Bonchev–Trinajstić information content (AvgIpc) is 2.09. The van der Waals surface area contributed by atoms with Crippen molar-refractivity contribution in [2.24, 2.45) is 5.73 Å². The summed E-state index contributed by atoms with van der Waals surface area (Å²) in [5.74, 6) is 1.21. The highest BCUT2D eigenvalue weighted by Crippen LogP contribution is 2.05. The maximum atomic E-state index is 11.3. The maximum absolute atomic E-state index is 11.3. The van der Waals surface area contributed by atoms with Crippen LogP contribution in [0.25, 0.3) is 0 Å². The van der Waals surface area contributed by atoms with Gasteiger partial charge in [0, 0.05) is 28.9 Å². The standard InChI is InChI=1S/C10H15NOS/c1-9-2-4-10(5-3-9)8-13(12)7-6-11/h2-5H,6-8,11H2,1H3. The van der Waals surface area contributed by atoms with E-state index >= 15 is 0 Å². The van der Waals surface area contributed by atoms with Gasteiger partial charge in [0.1, 0.15) is 0 Å². The molecule has 0 amide bonds. The van der Waals surface area contributed by atoms with E-state index in [-0.39, 0.29) is 0 Å². The highest BCUT2D eigenvalue weighted by atomic mass is 32.2. The van der Waals surface area contributed by atoms with E-state index in [1.165, 1.54) is 5.56 Å². The molecule has 2 nitrogen and oxygen atoms in total. The Kier molecular flexibility index (Phi) is 4.12. The Balaban J connectivity index is 2.54. The van der Waals surface area contributed by atoms with Crippen molar-refractivity contribution in [3.8, 4) is 0 Å². The summed E-state index contributed by atoms with van der Waals surface area (Å²) in [5.41, 5.74) is 7.67. The summed E-state index contributed by atoms with van der Waals surface area (Å²) in [5, 5.41) is 0. The molecule has 1 rings (SSSR count). The molecule has 0 aliphatic heterocycles. The second kappa shape index (κ2) is 5.14. The zero-order valence-corrected chi connectivity index (χ0v) is 8.64. The van der Waals surface area contributed by atoms with Crippen molar-refractivity contribution < 1.29 is 4.21 Å². The highest BCUT2D eigenvalue weighted by Gasteiger charge is 1.99. The van der Waals surface area contributed by atoms with Gasteiger partial charge in [-0.3, -0.25) is 4.21 Å². The largest absolute Gasteiger partial charge is 0.330 e. The summed E-state index contributed by atoms with van der Waals surface area (Å²) >= 11 is 0. The first-order chi connectivity index (χ1) is 6.22. The van der Waals surface area contributed by atoms with Crippen molar-refractivity contribution in [3.05, 3.63) is 35.4 Å². The van der Waals surface area contributed by atoms with Crippen LogP contribution in [0.3, 0.4) is 0 Å². The molecule has 1 atom stereocenters. The van der Waals surface area contributed by atoms with Gasteiger partial charge >= 0.3 is 0 Å². The highest BCUT2D eigenvalue weighted by molar-refractivity contribution is 7.84. The molecule has 2 N–H and O–H groups in total. The molecule has 0 saturated heterocycles. The minimum absolute atomic E-state index is 0.498. The lowest BCUT2D eigenvalue weighted by atomic mass is 10.2. The lowest BCUT2D eigenvalue weighted by Crippen LogP contribution is -2.11. The Hall–Kier alpha value is -0.670. The van der Waals surface area contributed by atoms with E-state index in [9.17, 15) is 4.21 Å². The fourth-order valence-electron chi connectivity index (χ4n) is 1.07. The smallest absolute Gasteiger partial charge is 0.0486 e. The molecule has 0 aromatic heterocycles. The third-order valence-corrected chi connectivity index (χ3v) is 3.14. The Labute approximate surface area is 81.6 Å². The van der Waals surface area contributed by atoms with Gasteiger partial charge in [-0.05, 0) is 12.5 Å². The Morgan fingerprint density at radius 3 is 2.46 bits per heavy atom. The maximum Gasteiger partial charge on any atom is 0.0486 e. The van der Waals surface area contributed by atoms with Crippen molar-refractivity contribution in [2.45, 2.75) is 12.7 Å².